The van der Waals surface area contributed by atoms with Crippen molar-refractivity contribution < 1.29 is 14.2 Å². The maximum atomic E-state index is 13.6. The summed E-state index contributed by atoms with van der Waals surface area (Å²) in [5, 5.41) is 0. The SMILES string of the molecule is COc1ccc(-c2nc3cccc(OC)n3c(=O)c2-c2ccccc2)cc1OC. The number of fused-ring (bicyclic) bond motifs is 1. The van der Waals surface area contributed by atoms with E-state index in [4.69, 9.17) is 19.2 Å². The summed E-state index contributed by atoms with van der Waals surface area (Å²) in [4.78, 5) is 18.4. The van der Waals surface area contributed by atoms with Gasteiger partial charge in [0.2, 0.25) is 5.88 Å². The van der Waals surface area contributed by atoms with E-state index in [2.05, 4.69) is 0 Å². The minimum atomic E-state index is -0.205. The van der Waals surface area contributed by atoms with Gasteiger partial charge in [0.1, 0.15) is 5.65 Å². The highest BCUT2D eigenvalue weighted by atomic mass is 16.5. The predicted octanol–water partition coefficient (Wildman–Crippen LogP) is 4.05. The highest BCUT2D eigenvalue weighted by Gasteiger charge is 2.19. The van der Waals surface area contributed by atoms with E-state index in [9.17, 15) is 4.79 Å². The van der Waals surface area contributed by atoms with Crippen molar-refractivity contribution >= 4 is 5.65 Å². The van der Waals surface area contributed by atoms with Crippen LogP contribution in [0.5, 0.6) is 17.4 Å². The van der Waals surface area contributed by atoms with Crippen molar-refractivity contribution in [2.45, 2.75) is 0 Å². The van der Waals surface area contributed by atoms with Gasteiger partial charge in [-0.2, -0.15) is 0 Å². The van der Waals surface area contributed by atoms with Crippen molar-refractivity contribution in [3.05, 3.63) is 77.1 Å². The predicted molar refractivity (Wildman–Crippen MR) is 112 cm³/mol. The molecule has 0 radical (unpaired) electrons. The number of hydrogen-bond donors (Lipinski definition) is 0. The summed E-state index contributed by atoms with van der Waals surface area (Å²) in [5.41, 5.74) is 2.87. The number of hydrogen-bond acceptors (Lipinski definition) is 5. The van der Waals surface area contributed by atoms with Crippen molar-refractivity contribution in [1.29, 1.82) is 0 Å². The van der Waals surface area contributed by atoms with Crippen LogP contribution in [0.2, 0.25) is 0 Å². The molecule has 146 valence electrons. The zero-order valence-electron chi connectivity index (χ0n) is 16.4. The molecule has 0 amide bonds. The van der Waals surface area contributed by atoms with Gasteiger partial charge in [-0.1, -0.05) is 36.4 Å². The van der Waals surface area contributed by atoms with Crippen LogP contribution >= 0.6 is 0 Å². The average molecular weight is 388 g/mol. The van der Waals surface area contributed by atoms with E-state index in [0.29, 0.717) is 34.3 Å². The van der Waals surface area contributed by atoms with Gasteiger partial charge in [-0.05, 0) is 35.9 Å². The van der Waals surface area contributed by atoms with E-state index in [1.807, 2.05) is 42.5 Å². The summed E-state index contributed by atoms with van der Waals surface area (Å²) >= 11 is 0. The second-order valence-electron chi connectivity index (χ2n) is 6.34. The Balaban J connectivity index is 2.10. The van der Waals surface area contributed by atoms with E-state index in [1.54, 1.807) is 38.5 Å². The first-order chi connectivity index (χ1) is 14.2. The molecule has 0 saturated carbocycles. The Kier molecular flexibility index (Phi) is 4.91. The molecule has 4 rings (SSSR count). The third kappa shape index (κ3) is 3.18. The molecule has 0 fully saturated rings. The van der Waals surface area contributed by atoms with Gasteiger partial charge < -0.3 is 14.2 Å². The number of nitrogens with zero attached hydrogens (tertiary/aromatic N) is 2. The van der Waals surface area contributed by atoms with Crippen LogP contribution in [-0.4, -0.2) is 30.7 Å². The number of methoxy groups -OCH3 is 3. The second kappa shape index (κ2) is 7.67. The third-order valence-electron chi connectivity index (χ3n) is 4.74. The summed E-state index contributed by atoms with van der Waals surface area (Å²) in [6, 6.07) is 20.3. The van der Waals surface area contributed by atoms with E-state index in [1.165, 1.54) is 11.5 Å². The fourth-order valence-electron chi connectivity index (χ4n) is 3.37. The van der Waals surface area contributed by atoms with Crippen molar-refractivity contribution in [2.24, 2.45) is 0 Å². The van der Waals surface area contributed by atoms with Crippen molar-refractivity contribution in [2.75, 3.05) is 21.3 Å². The first-order valence-electron chi connectivity index (χ1n) is 9.05. The summed E-state index contributed by atoms with van der Waals surface area (Å²) < 4.78 is 17.7. The Morgan fingerprint density at radius 2 is 1.52 bits per heavy atom. The molecule has 0 N–H and O–H groups in total. The van der Waals surface area contributed by atoms with Crippen molar-refractivity contribution in [3.8, 4) is 39.8 Å². The Morgan fingerprint density at radius 1 is 0.759 bits per heavy atom. The maximum absolute atomic E-state index is 13.6. The van der Waals surface area contributed by atoms with Gasteiger partial charge in [0, 0.05) is 5.56 Å². The smallest absolute Gasteiger partial charge is 0.269 e. The Labute approximate surface area is 167 Å². The van der Waals surface area contributed by atoms with Gasteiger partial charge in [-0.25, -0.2) is 9.38 Å². The van der Waals surface area contributed by atoms with Crippen LogP contribution in [0, 0.1) is 0 Å². The first kappa shape index (κ1) is 18.6. The van der Waals surface area contributed by atoms with E-state index >= 15 is 0 Å². The molecule has 0 saturated heterocycles. The molecule has 0 spiro atoms. The maximum Gasteiger partial charge on any atom is 0.269 e. The molecule has 6 heteroatoms. The summed E-state index contributed by atoms with van der Waals surface area (Å²) in [7, 11) is 4.69. The number of aromatic nitrogens is 2. The molecule has 0 atom stereocenters. The van der Waals surface area contributed by atoms with Crippen LogP contribution in [0.25, 0.3) is 28.0 Å². The molecule has 6 nitrogen and oxygen atoms in total. The topological polar surface area (TPSA) is 62.1 Å². The molecule has 29 heavy (non-hydrogen) atoms. The van der Waals surface area contributed by atoms with Crippen LogP contribution in [0.15, 0.2) is 71.5 Å². The zero-order valence-corrected chi connectivity index (χ0v) is 16.4. The zero-order chi connectivity index (χ0) is 20.4. The van der Waals surface area contributed by atoms with Crippen LogP contribution in [0.4, 0.5) is 0 Å². The minimum Gasteiger partial charge on any atom is -0.493 e. The Hall–Kier alpha value is -3.80. The minimum absolute atomic E-state index is 0.205. The van der Waals surface area contributed by atoms with Crippen LogP contribution in [0.1, 0.15) is 0 Å². The highest BCUT2D eigenvalue weighted by Crippen LogP contribution is 2.35. The molecule has 4 aromatic rings. The quantitative estimate of drug-likeness (QED) is 0.516. The van der Waals surface area contributed by atoms with Gasteiger partial charge in [0.05, 0.1) is 32.6 Å². The monoisotopic (exact) mass is 388 g/mol. The lowest BCUT2D eigenvalue weighted by atomic mass is 10.00. The molecule has 0 aliphatic heterocycles. The standard InChI is InChI=1S/C23H20N2O4/c1-27-17-13-12-16(14-18(17)28-2)22-21(15-8-5-4-6-9-15)23(26)25-19(24-22)10-7-11-20(25)29-3/h4-14H,1-3H3. The molecule has 2 aromatic heterocycles. The Morgan fingerprint density at radius 3 is 2.21 bits per heavy atom. The lowest BCUT2D eigenvalue weighted by molar-refractivity contribution is 0.355. The van der Waals surface area contributed by atoms with Crippen molar-refractivity contribution in [3.63, 3.8) is 0 Å². The van der Waals surface area contributed by atoms with Gasteiger partial charge in [-0.15, -0.1) is 0 Å². The first-order valence-corrected chi connectivity index (χ1v) is 9.05. The number of pyridine rings is 1. The fourth-order valence-corrected chi connectivity index (χ4v) is 3.37. The average Bonchev–Trinajstić information content (AvgIpc) is 2.78. The summed E-state index contributed by atoms with van der Waals surface area (Å²) in [6.45, 7) is 0. The van der Waals surface area contributed by atoms with Crippen LogP contribution < -0.4 is 19.8 Å². The molecule has 2 heterocycles. The normalized spacial score (nSPS) is 10.7. The van der Waals surface area contributed by atoms with Gasteiger partial charge >= 0.3 is 0 Å². The third-order valence-corrected chi connectivity index (χ3v) is 4.74. The Bertz CT molecular complexity index is 1230. The van der Waals surface area contributed by atoms with E-state index in [-0.39, 0.29) is 5.56 Å². The van der Waals surface area contributed by atoms with Gasteiger partial charge in [0.15, 0.2) is 11.5 Å². The number of benzene rings is 2. The van der Waals surface area contributed by atoms with E-state index in [0.717, 1.165) is 11.1 Å². The van der Waals surface area contributed by atoms with Gasteiger partial charge in [0.25, 0.3) is 5.56 Å². The molecular weight excluding hydrogens is 368 g/mol. The lowest BCUT2D eigenvalue weighted by Gasteiger charge is -2.15. The molecule has 0 bridgehead atoms. The molecule has 2 aromatic carbocycles. The molecule has 0 aliphatic carbocycles. The van der Waals surface area contributed by atoms with Crippen LogP contribution in [-0.2, 0) is 0 Å². The van der Waals surface area contributed by atoms with Crippen LogP contribution in [0.3, 0.4) is 0 Å². The van der Waals surface area contributed by atoms with Gasteiger partial charge in [-0.3, -0.25) is 4.79 Å². The molecular formula is C23H20N2O4. The largest absolute Gasteiger partial charge is 0.493 e. The summed E-state index contributed by atoms with van der Waals surface area (Å²) in [6.07, 6.45) is 0. The molecule has 0 aliphatic rings. The lowest BCUT2D eigenvalue weighted by Crippen LogP contribution is -2.20. The molecule has 0 unspecified atom stereocenters. The summed E-state index contributed by atoms with van der Waals surface area (Å²) in [5.74, 6) is 1.60. The second-order valence-corrected chi connectivity index (χ2v) is 6.34. The van der Waals surface area contributed by atoms with E-state index < -0.39 is 0 Å². The highest BCUT2D eigenvalue weighted by molar-refractivity contribution is 5.82. The number of ether oxygens (including phenoxy) is 3. The van der Waals surface area contributed by atoms with Crippen molar-refractivity contribution in [1.82, 2.24) is 9.38 Å². The fraction of sp³-hybridized carbons (Fsp3) is 0.130. The number of rotatable bonds is 5.